The second-order valence-electron chi connectivity index (χ2n) is 8.17. The molecule has 5 heteroatoms. The zero-order valence-corrected chi connectivity index (χ0v) is 19.0. The maximum atomic E-state index is 14.5. The van der Waals surface area contributed by atoms with Gasteiger partial charge in [-0.15, -0.1) is 0 Å². The van der Waals surface area contributed by atoms with Crippen molar-refractivity contribution < 1.29 is 9.30 Å². The number of benzene rings is 3. The van der Waals surface area contributed by atoms with E-state index in [1.165, 1.54) is 18.4 Å². The maximum absolute atomic E-state index is 14.5. The molecule has 162 valence electrons. The molecule has 0 amide bonds. The molecule has 3 aromatic rings. The molecular weight excluding hydrogens is 403 g/mol. The van der Waals surface area contributed by atoms with Crippen molar-refractivity contribution in [1.29, 1.82) is 0 Å². The van der Waals surface area contributed by atoms with Gasteiger partial charge in [0, 0.05) is 23.2 Å². The van der Waals surface area contributed by atoms with E-state index in [0.717, 1.165) is 42.4 Å². The van der Waals surface area contributed by atoms with Crippen LogP contribution >= 0.6 is 7.29 Å². The Morgan fingerprint density at radius 2 is 1.42 bits per heavy atom. The molecule has 0 spiro atoms. The number of methoxy groups -OCH3 is 1. The van der Waals surface area contributed by atoms with Gasteiger partial charge in [-0.1, -0.05) is 48.5 Å². The molecule has 1 fully saturated rings. The normalized spacial score (nSPS) is 15.6. The van der Waals surface area contributed by atoms with Crippen LogP contribution in [0.4, 0.5) is 0 Å². The minimum absolute atomic E-state index is 0.0674. The number of likely N-dealkylation sites (tertiary alicyclic amines) is 1. The van der Waals surface area contributed by atoms with E-state index in [4.69, 9.17) is 4.74 Å². The molecule has 1 aliphatic rings. The average Bonchev–Trinajstić information content (AvgIpc) is 3.33. The summed E-state index contributed by atoms with van der Waals surface area (Å²) in [7, 11) is -1.31. The molecule has 0 bridgehead atoms. The first-order valence-electron chi connectivity index (χ1n) is 11.0. The zero-order chi connectivity index (χ0) is 21.5. The van der Waals surface area contributed by atoms with Crippen molar-refractivity contribution in [1.82, 2.24) is 9.99 Å². The number of ether oxygens (including phenoxy) is 1. The summed E-state index contributed by atoms with van der Waals surface area (Å²) < 4.78 is 19.9. The standard InChI is InChI=1S/C26H31N2O2P/c1-30-24-16-14-22(15-17-24)20-23(21-28-18-8-9-19-28)27-31(29,25-10-4-2-5-11-25)26-12-6-3-7-13-26/h2-7,10-17,23H,8-9,18-21H2,1H3,(H,27,29). The Bertz CT molecular complexity index is 943. The highest BCUT2D eigenvalue weighted by molar-refractivity contribution is 7.76. The summed E-state index contributed by atoms with van der Waals surface area (Å²) in [6, 6.07) is 28.0. The van der Waals surface area contributed by atoms with Crippen LogP contribution in [0.5, 0.6) is 5.75 Å². The Hall–Kier alpha value is -2.39. The molecule has 1 aliphatic heterocycles. The van der Waals surface area contributed by atoms with Crippen molar-refractivity contribution in [2.45, 2.75) is 25.3 Å². The van der Waals surface area contributed by atoms with Crippen LogP contribution < -0.4 is 20.4 Å². The van der Waals surface area contributed by atoms with Crippen LogP contribution in [0.25, 0.3) is 0 Å². The first-order valence-corrected chi connectivity index (χ1v) is 12.7. The van der Waals surface area contributed by atoms with E-state index in [2.05, 4.69) is 22.1 Å². The Labute approximate surface area is 185 Å². The number of nitrogens with zero attached hydrogens (tertiary/aromatic N) is 1. The monoisotopic (exact) mass is 434 g/mol. The fourth-order valence-corrected chi connectivity index (χ4v) is 6.77. The van der Waals surface area contributed by atoms with E-state index in [1.807, 2.05) is 72.8 Å². The van der Waals surface area contributed by atoms with Gasteiger partial charge in [0.05, 0.1) is 7.11 Å². The minimum atomic E-state index is -2.99. The van der Waals surface area contributed by atoms with Crippen LogP contribution in [0, 0.1) is 0 Å². The van der Waals surface area contributed by atoms with Gasteiger partial charge in [0.25, 0.3) is 0 Å². The maximum Gasteiger partial charge on any atom is 0.204 e. The highest BCUT2D eigenvalue weighted by Crippen LogP contribution is 2.39. The molecule has 1 saturated heterocycles. The van der Waals surface area contributed by atoms with E-state index in [1.54, 1.807) is 7.11 Å². The molecule has 4 nitrogen and oxygen atoms in total. The van der Waals surface area contributed by atoms with E-state index in [0.29, 0.717) is 0 Å². The second kappa shape index (κ2) is 10.3. The lowest BCUT2D eigenvalue weighted by molar-refractivity contribution is 0.304. The van der Waals surface area contributed by atoms with Crippen LogP contribution in [0.15, 0.2) is 84.9 Å². The van der Waals surface area contributed by atoms with Gasteiger partial charge < -0.3 is 9.64 Å². The SMILES string of the molecule is COc1ccc(CC(CN2CCCC2)NP(=O)(c2ccccc2)c2ccccc2)cc1. The van der Waals surface area contributed by atoms with Crippen molar-refractivity contribution >= 4 is 17.9 Å². The van der Waals surface area contributed by atoms with Crippen molar-refractivity contribution in [3.8, 4) is 5.75 Å². The summed E-state index contributed by atoms with van der Waals surface area (Å²) in [5.41, 5.74) is 1.21. The van der Waals surface area contributed by atoms with Crippen molar-refractivity contribution in [3.05, 3.63) is 90.5 Å². The van der Waals surface area contributed by atoms with Gasteiger partial charge in [-0.05, 0) is 74.3 Å². The van der Waals surface area contributed by atoms with Crippen LogP contribution in [-0.4, -0.2) is 37.7 Å². The van der Waals surface area contributed by atoms with Gasteiger partial charge >= 0.3 is 0 Å². The van der Waals surface area contributed by atoms with Crippen molar-refractivity contribution in [2.75, 3.05) is 26.7 Å². The van der Waals surface area contributed by atoms with Crippen molar-refractivity contribution in [3.63, 3.8) is 0 Å². The molecule has 4 rings (SSSR count). The van der Waals surface area contributed by atoms with Crippen LogP contribution in [0.2, 0.25) is 0 Å². The second-order valence-corrected chi connectivity index (χ2v) is 10.7. The highest BCUT2D eigenvalue weighted by Gasteiger charge is 2.31. The first kappa shape index (κ1) is 21.8. The van der Waals surface area contributed by atoms with Crippen molar-refractivity contribution in [2.24, 2.45) is 0 Å². The third kappa shape index (κ3) is 5.46. The predicted octanol–water partition coefficient (Wildman–Crippen LogP) is 4.22. The predicted molar refractivity (Wildman–Crippen MR) is 129 cm³/mol. The lowest BCUT2D eigenvalue weighted by Crippen LogP contribution is -2.43. The Morgan fingerprint density at radius 3 is 1.94 bits per heavy atom. The van der Waals surface area contributed by atoms with Gasteiger partial charge in [-0.3, -0.25) is 9.65 Å². The average molecular weight is 435 g/mol. The van der Waals surface area contributed by atoms with E-state index < -0.39 is 7.29 Å². The summed E-state index contributed by atoms with van der Waals surface area (Å²) in [4.78, 5) is 2.49. The largest absolute Gasteiger partial charge is 0.497 e. The summed E-state index contributed by atoms with van der Waals surface area (Å²) in [6.07, 6.45) is 3.29. The van der Waals surface area contributed by atoms with Crippen LogP contribution in [0.3, 0.4) is 0 Å². The smallest absolute Gasteiger partial charge is 0.204 e. The molecule has 0 radical (unpaired) electrons. The lowest BCUT2D eigenvalue weighted by atomic mass is 10.1. The van der Waals surface area contributed by atoms with Crippen LogP contribution in [0.1, 0.15) is 18.4 Å². The Balaban J connectivity index is 1.65. The molecule has 0 saturated carbocycles. The molecule has 1 heterocycles. The quantitative estimate of drug-likeness (QED) is 0.512. The number of rotatable bonds is 9. The zero-order valence-electron chi connectivity index (χ0n) is 18.1. The van der Waals surface area contributed by atoms with Gasteiger partial charge in [0.2, 0.25) is 7.29 Å². The Kier molecular flexibility index (Phi) is 7.24. The minimum Gasteiger partial charge on any atom is -0.497 e. The molecule has 1 atom stereocenters. The fraction of sp³-hybridized carbons (Fsp3) is 0.308. The van der Waals surface area contributed by atoms with E-state index in [-0.39, 0.29) is 6.04 Å². The van der Waals surface area contributed by atoms with Gasteiger partial charge in [0.15, 0.2) is 0 Å². The third-order valence-electron chi connectivity index (χ3n) is 5.92. The molecule has 0 aromatic heterocycles. The summed E-state index contributed by atoms with van der Waals surface area (Å²) in [5.74, 6) is 0.854. The van der Waals surface area contributed by atoms with Gasteiger partial charge in [-0.2, -0.15) is 0 Å². The molecule has 1 unspecified atom stereocenters. The molecule has 3 aromatic carbocycles. The summed E-state index contributed by atoms with van der Waals surface area (Å²) >= 11 is 0. The number of hydrogen-bond acceptors (Lipinski definition) is 3. The number of hydrogen-bond donors (Lipinski definition) is 1. The molecule has 31 heavy (non-hydrogen) atoms. The summed E-state index contributed by atoms with van der Waals surface area (Å²) in [5, 5.41) is 5.35. The molecule has 0 aliphatic carbocycles. The molecule has 1 N–H and O–H groups in total. The topological polar surface area (TPSA) is 41.6 Å². The van der Waals surface area contributed by atoms with Gasteiger partial charge in [-0.25, -0.2) is 0 Å². The molecular formula is C26H31N2O2P. The lowest BCUT2D eigenvalue weighted by Gasteiger charge is -2.30. The Morgan fingerprint density at radius 1 is 0.871 bits per heavy atom. The van der Waals surface area contributed by atoms with E-state index >= 15 is 0 Å². The van der Waals surface area contributed by atoms with E-state index in [9.17, 15) is 4.57 Å². The van der Waals surface area contributed by atoms with Gasteiger partial charge in [0.1, 0.15) is 5.75 Å². The number of nitrogens with one attached hydrogen (secondary N) is 1. The summed E-state index contributed by atoms with van der Waals surface area (Å²) in [6.45, 7) is 3.11. The fourth-order valence-electron chi connectivity index (χ4n) is 4.31. The van der Waals surface area contributed by atoms with Crippen LogP contribution in [-0.2, 0) is 11.0 Å². The first-order chi connectivity index (χ1) is 15.2. The third-order valence-corrected chi connectivity index (χ3v) is 8.70. The highest BCUT2D eigenvalue weighted by atomic mass is 31.2.